The maximum Gasteiger partial charge on any atom is 0.356 e. The zero-order valence-electron chi connectivity index (χ0n) is 8.18. The molecule has 0 radical (unpaired) electrons. The van der Waals surface area contributed by atoms with Gasteiger partial charge in [0.05, 0.1) is 6.61 Å². The minimum Gasteiger partial charge on any atom is -0.461 e. The summed E-state index contributed by atoms with van der Waals surface area (Å²) in [6, 6.07) is 9.66. The van der Waals surface area contributed by atoms with Gasteiger partial charge in [-0.15, -0.1) is 0 Å². The zero-order chi connectivity index (χ0) is 10.5. The number of oxime groups is 1. The summed E-state index contributed by atoms with van der Waals surface area (Å²) in [6.07, 6.45) is 0.535. The molecule has 1 aromatic carbocycles. The Morgan fingerprint density at radius 1 is 1.33 bits per heavy atom. The summed E-state index contributed by atoms with van der Waals surface area (Å²) in [5.74, 6) is -0.372. The van der Waals surface area contributed by atoms with E-state index in [0.717, 1.165) is 5.56 Å². The van der Waals surface area contributed by atoms with Crippen molar-refractivity contribution < 1.29 is 14.4 Å². The highest BCUT2D eigenvalue weighted by Gasteiger charge is 2.21. The Labute approximate surface area is 87.5 Å². The number of hydrogen-bond acceptors (Lipinski definition) is 4. The molecule has 1 fully saturated rings. The first-order valence-electron chi connectivity index (χ1n) is 4.76. The van der Waals surface area contributed by atoms with Crippen molar-refractivity contribution in [1.29, 1.82) is 0 Å². The molecule has 1 aliphatic heterocycles. The van der Waals surface area contributed by atoms with Crippen molar-refractivity contribution in [3.8, 4) is 0 Å². The van der Waals surface area contributed by atoms with Crippen molar-refractivity contribution in [3.63, 3.8) is 0 Å². The summed E-state index contributed by atoms with van der Waals surface area (Å²) in [7, 11) is 0. The molecule has 0 atom stereocenters. The minimum atomic E-state index is -0.372. The molecule has 0 bridgehead atoms. The first-order chi connectivity index (χ1) is 7.36. The van der Waals surface area contributed by atoms with E-state index in [9.17, 15) is 4.79 Å². The van der Waals surface area contributed by atoms with Gasteiger partial charge in [-0.25, -0.2) is 4.79 Å². The lowest BCUT2D eigenvalue weighted by atomic mass is 10.2. The zero-order valence-corrected chi connectivity index (χ0v) is 8.18. The van der Waals surface area contributed by atoms with Crippen LogP contribution < -0.4 is 0 Å². The van der Waals surface area contributed by atoms with Crippen molar-refractivity contribution in [2.24, 2.45) is 5.16 Å². The number of cyclic esters (lactones) is 1. The highest BCUT2D eigenvalue weighted by molar-refractivity contribution is 6.37. The summed E-state index contributed by atoms with van der Waals surface area (Å²) < 4.78 is 4.72. The van der Waals surface area contributed by atoms with E-state index in [1.807, 2.05) is 30.3 Å². The lowest BCUT2D eigenvalue weighted by molar-refractivity contribution is -0.132. The van der Waals surface area contributed by atoms with Gasteiger partial charge in [0.25, 0.3) is 0 Å². The molecule has 1 aliphatic rings. The maximum atomic E-state index is 11.0. The molecular formula is C11H11NO3. The van der Waals surface area contributed by atoms with Crippen LogP contribution in [0.15, 0.2) is 35.5 Å². The second kappa shape index (κ2) is 4.59. The van der Waals surface area contributed by atoms with Gasteiger partial charge in [-0.1, -0.05) is 35.5 Å². The minimum absolute atomic E-state index is 0.367. The van der Waals surface area contributed by atoms with Gasteiger partial charge in [0.2, 0.25) is 0 Å². The molecule has 0 aromatic heterocycles. The summed E-state index contributed by atoms with van der Waals surface area (Å²) >= 11 is 0. The normalized spacial score (nSPS) is 17.9. The van der Waals surface area contributed by atoms with Crippen molar-refractivity contribution in [1.82, 2.24) is 0 Å². The van der Waals surface area contributed by atoms with Crippen LogP contribution in [-0.2, 0) is 21.0 Å². The molecule has 0 aliphatic carbocycles. The summed E-state index contributed by atoms with van der Waals surface area (Å²) in [4.78, 5) is 16.0. The van der Waals surface area contributed by atoms with Crippen LogP contribution in [0.4, 0.5) is 0 Å². The molecule has 1 heterocycles. The lowest BCUT2D eigenvalue weighted by Crippen LogP contribution is -2.06. The third-order valence-electron chi connectivity index (χ3n) is 2.06. The Bertz CT molecular complexity index is 373. The van der Waals surface area contributed by atoms with Gasteiger partial charge >= 0.3 is 5.97 Å². The molecule has 1 saturated heterocycles. The number of hydrogen-bond donors (Lipinski definition) is 0. The van der Waals surface area contributed by atoms with E-state index >= 15 is 0 Å². The molecular weight excluding hydrogens is 194 g/mol. The van der Waals surface area contributed by atoms with E-state index in [-0.39, 0.29) is 5.97 Å². The van der Waals surface area contributed by atoms with Gasteiger partial charge in [0.1, 0.15) is 6.61 Å². The molecule has 4 heteroatoms. The number of esters is 1. The lowest BCUT2D eigenvalue weighted by Gasteiger charge is -1.99. The van der Waals surface area contributed by atoms with Gasteiger partial charge in [0.15, 0.2) is 5.71 Å². The number of carbonyl (C=O) groups is 1. The average Bonchev–Trinajstić information content (AvgIpc) is 2.66. The van der Waals surface area contributed by atoms with Crippen molar-refractivity contribution in [2.75, 3.05) is 6.61 Å². The van der Waals surface area contributed by atoms with Gasteiger partial charge in [0, 0.05) is 6.42 Å². The van der Waals surface area contributed by atoms with Gasteiger partial charge < -0.3 is 9.57 Å². The van der Waals surface area contributed by atoms with Crippen molar-refractivity contribution in [3.05, 3.63) is 35.9 Å². The van der Waals surface area contributed by atoms with E-state index in [0.29, 0.717) is 25.3 Å². The van der Waals surface area contributed by atoms with Gasteiger partial charge in [-0.05, 0) is 5.56 Å². The summed E-state index contributed by atoms with van der Waals surface area (Å²) in [6.45, 7) is 0.782. The number of ether oxygens (including phenoxy) is 1. The summed E-state index contributed by atoms with van der Waals surface area (Å²) in [5, 5.41) is 3.74. The predicted molar refractivity (Wildman–Crippen MR) is 54.2 cm³/mol. The van der Waals surface area contributed by atoms with E-state index in [1.165, 1.54) is 0 Å². The Balaban J connectivity index is 1.87. The SMILES string of the molecule is O=C1OCC/C1=N\OCc1ccccc1. The molecule has 0 unspecified atom stereocenters. The van der Waals surface area contributed by atoms with Crippen LogP contribution >= 0.6 is 0 Å². The predicted octanol–water partition coefficient (Wildman–Crippen LogP) is 1.51. The van der Waals surface area contributed by atoms with Crippen LogP contribution in [0.1, 0.15) is 12.0 Å². The van der Waals surface area contributed by atoms with E-state index in [2.05, 4.69) is 5.16 Å². The third kappa shape index (κ3) is 2.56. The quantitative estimate of drug-likeness (QED) is 0.555. The van der Waals surface area contributed by atoms with Crippen LogP contribution in [0.3, 0.4) is 0 Å². The van der Waals surface area contributed by atoms with E-state index < -0.39 is 0 Å². The van der Waals surface area contributed by atoms with Crippen LogP contribution in [0.5, 0.6) is 0 Å². The number of rotatable bonds is 3. The Hall–Kier alpha value is -1.84. The number of carbonyl (C=O) groups excluding carboxylic acids is 1. The second-order valence-electron chi connectivity index (χ2n) is 3.18. The smallest absolute Gasteiger partial charge is 0.356 e. The highest BCUT2D eigenvalue weighted by Crippen LogP contribution is 2.05. The standard InChI is InChI=1S/C11H11NO3/c13-11-10(6-7-14-11)12-15-8-9-4-2-1-3-5-9/h1-5H,6-8H2/b12-10+. The highest BCUT2D eigenvalue weighted by atomic mass is 16.6. The van der Waals surface area contributed by atoms with Crippen molar-refractivity contribution >= 4 is 11.7 Å². The molecule has 2 rings (SSSR count). The largest absolute Gasteiger partial charge is 0.461 e. The first-order valence-corrected chi connectivity index (χ1v) is 4.76. The van der Waals surface area contributed by atoms with Crippen LogP contribution in [-0.4, -0.2) is 18.3 Å². The Morgan fingerprint density at radius 3 is 2.80 bits per heavy atom. The topological polar surface area (TPSA) is 47.9 Å². The maximum absolute atomic E-state index is 11.0. The fourth-order valence-electron chi connectivity index (χ4n) is 1.27. The summed E-state index contributed by atoms with van der Waals surface area (Å²) in [5.41, 5.74) is 1.39. The van der Waals surface area contributed by atoms with E-state index in [4.69, 9.17) is 9.57 Å². The second-order valence-corrected chi connectivity index (χ2v) is 3.18. The molecule has 15 heavy (non-hydrogen) atoms. The fourth-order valence-corrected chi connectivity index (χ4v) is 1.27. The number of nitrogens with zero attached hydrogens (tertiary/aromatic N) is 1. The Kier molecular flexibility index (Phi) is 2.97. The van der Waals surface area contributed by atoms with Crippen LogP contribution in [0.25, 0.3) is 0 Å². The van der Waals surface area contributed by atoms with Crippen LogP contribution in [0, 0.1) is 0 Å². The molecule has 1 aromatic rings. The average molecular weight is 205 g/mol. The van der Waals surface area contributed by atoms with Crippen molar-refractivity contribution in [2.45, 2.75) is 13.0 Å². The number of benzene rings is 1. The molecule has 0 spiro atoms. The first kappa shape index (κ1) is 9.71. The van der Waals surface area contributed by atoms with Gasteiger partial charge in [-0.2, -0.15) is 0 Å². The molecule has 0 saturated carbocycles. The Morgan fingerprint density at radius 2 is 2.13 bits per heavy atom. The molecule has 0 N–H and O–H groups in total. The molecule has 0 amide bonds. The van der Waals surface area contributed by atoms with Gasteiger partial charge in [-0.3, -0.25) is 0 Å². The third-order valence-corrected chi connectivity index (χ3v) is 2.06. The van der Waals surface area contributed by atoms with Crippen LogP contribution in [0.2, 0.25) is 0 Å². The molecule has 78 valence electrons. The van der Waals surface area contributed by atoms with E-state index in [1.54, 1.807) is 0 Å². The molecule has 4 nitrogen and oxygen atoms in total. The fraction of sp³-hybridized carbons (Fsp3) is 0.273. The monoisotopic (exact) mass is 205 g/mol.